The van der Waals surface area contributed by atoms with Gasteiger partial charge in [-0.1, -0.05) is 23.2 Å². The summed E-state index contributed by atoms with van der Waals surface area (Å²) in [5, 5.41) is 4.20. The van der Waals surface area contributed by atoms with Gasteiger partial charge in [-0.3, -0.25) is 0 Å². The number of rotatable bonds is 6. The summed E-state index contributed by atoms with van der Waals surface area (Å²) in [6.45, 7) is 3.98. The van der Waals surface area contributed by atoms with Gasteiger partial charge in [0.25, 0.3) is 0 Å². The summed E-state index contributed by atoms with van der Waals surface area (Å²) in [5.41, 5.74) is 1.95. The van der Waals surface area contributed by atoms with Crippen molar-refractivity contribution in [2.24, 2.45) is 0 Å². The minimum absolute atomic E-state index is 0.423. The van der Waals surface area contributed by atoms with Crippen molar-refractivity contribution < 1.29 is 4.74 Å². The molecule has 2 aromatic rings. The van der Waals surface area contributed by atoms with Gasteiger partial charge in [0.1, 0.15) is 12.4 Å². The van der Waals surface area contributed by atoms with Crippen molar-refractivity contribution in [2.75, 3.05) is 7.05 Å². The lowest BCUT2D eigenvalue weighted by atomic mass is 10.2. The standard InChI is InChI=1S/C14H17Cl2N3O/c1-3-19-9-18-7-12(19)8-20-14-10(6-17-2)4-11(15)5-13(14)16/h4-5,7,9,17H,3,6,8H2,1-2H3. The lowest BCUT2D eigenvalue weighted by Crippen LogP contribution is -2.09. The van der Waals surface area contributed by atoms with E-state index in [0.717, 1.165) is 17.8 Å². The second-order valence-electron chi connectivity index (χ2n) is 4.37. The summed E-state index contributed by atoms with van der Waals surface area (Å²) in [6, 6.07) is 3.55. The molecule has 0 amide bonds. The zero-order chi connectivity index (χ0) is 14.5. The first-order valence-corrected chi connectivity index (χ1v) is 7.15. The van der Waals surface area contributed by atoms with Crippen LogP contribution in [0, 0.1) is 0 Å². The van der Waals surface area contributed by atoms with E-state index in [4.69, 9.17) is 27.9 Å². The van der Waals surface area contributed by atoms with Crippen LogP contribution in [0.1, 0.15) is 18.2 Å². The molecule has 0 unspecified atom stereocenters. The topological polar surface area (TPSA) is 39.1 Å². The fraction of sp³-hybridized carbons (Fsp3) is 0.357. The van der Waals surface area contributed by atoms with Gasteiger partial charge in [-0.2, -0.15) is 0 Å². The highest BCUT2D eigenvalue weighted by molar-refractivity contribution is 6.35. The minimum Gasteiger partial charge on any atom is -0.485 e. The molecule has 0 saturated heterocycles. The fourth-order valence-corrected chi connectivity index (χ4v) is 2.59. The van der Waals surface area contributed by atoms with Crippen LogP contribution in [-0.2, 0) is 19.7 Å². The summed E-state index contributed by atoms with van der Waals surface area (Å²) >= 11 is 12.2. The Balaban J connectivity index is 2.20. The van der Waals surface area contributed by atoms with Gasteiger partial charge in [0.05, 0.1) is 23.2 Å². The van der Waals surface area contributed by atoms with Gasteiger partial charge in [-0.05, 0) is 26.1 Å². The van der Waals surface area contributed by atoms with E-state index in [1.165, 1.54) is 0 Å². The number of hydrogen-bond acceptors (Lipinski definition) is 3. The Morgan fingerprint density at radius 1 is 1.35 bits per heavy atom. The van der Waals surface area contributed by atoms with Crippen LogP contribution >= 0.6 is 23.2 Å². The predicted octanol–water partition coefficient (Wildman–Crippen LogP) is 3.51. The Morgan fingerprint density at radius 3 is 2.85 bits per heavy atom. The largest absolute Gasteiger partial charge is 0.485 e. The maximum atomic E-state index is 6.22. The van der Waals surface area contributed by atoms with Crippen LogP contribution in [0.5, 0.6) is 5.75 Å². The van der Waals surface area contributed by atoms with E-state index >= 15 is 0 Å². The molecule has 0 aliphatic rings. The maximum absolute atomic E-state index is 6.22. The lowest BCUT2D eigenvalue weighted by molar-refractivity contribution is 0.292. The number of nitrogens with one attached hydrogen (secondary N) is 1. The van der Waals surface area contributed by atoms with Crippen molar-refractivity contribution in [3.8, 4) is 5.75 Å². The number of aryl methyl sites for hydroxylation is 1. The van der Waals surface area contributed by atoms with E-state index in [0.29, 0.717) is 28.9 Å². The first-order chi connectivity index (χ1) is 9.65. The molecule has 0 radical (unpaired) electrons. The van der Waals surface area contributed by atoms with Gasteiger partial charge in [0.15, 0.2) is 0 Å². The van der Waals surface area contributed by atoms with E-state index in [1.807, 2.05) is 17.7 Å². The molecular weight excluding hydrogens is 297 g/mol. The molecule has 0 fully saturated rings. The van der Waals surface area contributed by atoms with Crippen molar-refractivity contribution in [1.29, 1.82) is 0 Å². The Morgan fingerprint density at radius 2 is 2.15 bits per heavy atom. The smallest absolute Gasteiger partial charge is 0.143 e. The zero-order valence-electron chi connectivity index (χ0n) is 11.5. The van der Waals surface area contributed by atoms with Crippen LogP contribution in [-0.4, -0.2) is 16.6 Å². The molecule has 0 atom stereocenters. The van der Waals surface area contributed by atoms with Gasteiger partial charge >= 0.3 is 0 Å². The molecule has 0 saturated carbocycles. The number of imidazole rings is 1. The van der Waals surface area contributed by atoms with E-state index in [2.05, 4.69) is 17.2 Å². The minimum atomic E-state index is 0.423. The highest BCUT2D eigenvalue weighted by Gasteiger charge is 2.11. The highest BCUT2D eigenvalue weighted by Crippen LogP contribution is 2.33. The van der Waals surface area contributed by atoms with E-state index in [1.54, 1.807) is 18.6 Å². The molecule has 1 N–H and O–H groups in total. The summed E-state index contributed by atoms with van der Waals surface area (Å²) < 4.78 is 7.90. The summed E-state index contributed by atoms with van der Waals surface area (Å²) in [6.07, 6.45) is 3.59. The molecular formula is C14H17Cl2N3O. The summed E-state index contributed by atoms with van der Waals surface area (Å²) in [5.74, 6) is 0.661. The fourth-order valence-electron chi connectivity index (χ4n) is 2.00. The third-order valence-electron chi connectivity index (χ3n) is 2.96. The quantitative estimate of drug-likeness (QED) is 0.887. The van der Waals surface area contributed by atoms with E-state index in [-0.39, 0.29) is 0 Å². The number of hydrogen-bond donors (Lipinski definition) is 1. The lowest BCUT2D eigenvalue weighted by Gasteiger charge is -2.14. The molecule has 0 bridgehead atoms. The van der Waals surface area contributed by atoms with Crippen molar-refractivity contribution in [1.82, 2.24) is 14.9 Å². The van der Waals surface area contributed by atoms with Crippen LogP contribution in [0.2, 0.25) is 10.0 Å². The molecule has 1 heterocycles. The van der Waals surface area contributed by atoms with Crippen LogP contribution in [0.4, 0.5) is 0 Å². The molecule has 20 heavy (non-hydrogen) atoms. The van der Waals surface area contributed by atoms with Gasteiger partial charge in [0.2, 0.25) is 0 Å². The normalized spacial score (nSPS) is 10.8. The Bertz CT molecular complexity index is 584. The average Bonchev–Trinajstić information content (AvgIpc) is 2.85. The number of aromatic nitrogens is 2. The predicted molar refractivity (Wildman–Crippen MR) is 81.5 cm³/mol. The molecule has 2 rings (SSSR count). The molecule has 4 nitrogen and oxygen atoms in total. The Labute approximate surface area is 128 Å². The van der Waals surface area contributed by atoms with Gasteiger partial charge < -0.3 is 14.6 Å². The van der Waals surface area contributed by atoms with Crippen molar-refractivity contribution in [2.45, 2.75) is 26.6 Å². The van der Waals surface area contributed by atoms with E-state index < -0.39 is 0 Å². The van der Waals surface area contributed by atoms with Gasteiger partial charge in [-0.25, -0.2) is 4.98 Å². The summed E-state index contributed by atoms with van der Waals surface area (Å²) in [7, 11) is 1.87. The highest BCUT2D eigenvalue weighted by atomic mass is 35.5. The molecule has 1 aromatic carbocycles. The average molecular weight is 314 g/mol. The van der Waals surface area contributed by atoms with Crippen LogP contribution in [0.15, 0.2) is 24.7 Å². The molecule has 0 spiro atoms. The number of benzene rings is 1. The second-order valence-corrected chi connectivity index (χ2v) is 5.21. The first kappa shape index (κ1) is 15.2. The monoisotopic (exact) mass is 313 g/mol. The Hall–Kier alpha value is -1.23. The van der Waals surface area contributed by atoms with E-state index in [9.17, 15) is 0 Å². The molecule has 0 aliphatic carbocycles. The summed E-state index contributed by atoms with van der Waals surface area (Å²) in [4.78, 5) is 4.12. The second kappa shape index (κ2) is 6.97. The van der Waals surface area contributed by atoms with Gasteiger partial charge in [-0.15, -0.1) is 0 Å². The van der Waals surface area contributed by atoms with Crippen molar-refractivity contribution in [3.05, 3.63) is 46.0 Å². The third-order valence-corrected chi connectivity index (χ3v) is 3.46. The number of ether oxygens (including phenoxy) is 1. The Kier molecular flexibility index (Phi) is 5.29. The molecule has 108 valence electrons. The number of halogens is 2. The number of nitrogens with zero attached hydrogens (tertiary/aromatic N) is 2. The van der Waals surface area contributed by atoms with Gasteiger partial charge in [0, 0.05) is 23.7 Å². The van der Waals surface area contributed by atoms with Crippen molar-refractivity contribution >= 4 is 23.2 Å². The van der Waals surface area contributed by atoms with Crippen molar-refractivity contribution in [3.63, 3.8) is 0 Å². The van der Waals surface area contributed by atoms with Crippen LogP contribution < -0.4 is 10.1 Å². The SMILES string of the molecule is CCn1cncc1COc1c(Cl)cc(Cl)cc1CNC. The van der Waals surface area contributed by atoms with Crippen LogP contribution in [0.25, 0.3) is 0 Å². The molecule has 6 heteroatoms. The third kappa shape index (κ3) is 3.45. The molecule has 1 aromatic heterocycles. The first-order valence-electron chi connectivity index (χ1n) is 6.40. The maximum Gasteiger partial charge on any atom is 0.143 e. The van der Waals surface area contributed by atoms with Crippen LogP contribution in [0.3, 0.4) is 0 Å². The zero-order valence-corrected chi connectivity index (χ0v) is 13.0. The molecule has 0 aliphatic heterocycles.